The lowest BCUT2D eigenvalue weighted by atomic mass is 10.3. The third-order valence-corrected chi connectivity index (χ3v) is 2.07. The van der Waals surface area contributed by atoms with Gasteiger partial charge in [0.25, 0.3) is 0 Å². The van der Waals surface area contributed by atoms with Gasteiger partial charge in [-0.1, -0.05) is 0 Å². The standard InChI is InChI=1S/C11H14F3NO4/c1-3-17-6-5-7-15-9(11(12,13)14)8(19-7)10(16)18-4-2/h3-6H2,1-2H3. The van der Waals surface area contributed by atoms with Crippen LogP contribution in [0.15, 0.2) is 4.42 Å². The zero-order valence-electron chi connectivity index (χ0n) is 10.5. The number of hydrogen-bond acceptors (Lipinski definition) is 5. The summed E-state index contributed by atoms with van der Waals surface area (Å²) in [4.78, 5) is 14.7. The molecule has 1 heterocycles. The molecule has 0 amide bonds. The Morgan fingerprint density at radius 2 is 2.00 bits per heavy atom. The van der Waals surface area contributed by atoms with Gasteiger partial charge in [-0.3, -0.25) is 0 Å². The summed E-state index contributed by atoms with van der Waals surface area (Å²) in [5, 5.41) is 0. The Balaban J connectivity index is 2.96. The number of ether oxygens (including phenoxy) is 2. The third kappa shape index (κ3) is 4.23. The minimum atomic E-state index is -4.77. The third-order valence-electron chi connectivity index (χ3n) is 2.07. The second kappa shape index (κ2) is 6.55. The van der Waals surface area contributed by atoms with Crippen molar-refractivity contribution in [3.63, 3.8) is 0 Å². The predicted octanol–water partition coefficient (Wildman–Crippen LogP) is 2.45. The van der Waals surface area contributed by atoms with Crippen molar-refractivity contribution in [1.29, 1.82) is 0 Å². The lowest BCUT2D eigenvalue weighted by Gasteiger charge is -2.03. The SMILES string of the molecule is CCOCCc1nc(C(F)(F)F)c(C(=O)OCC)o1. The number of halogens is 3. The second-order valence-electron chi connectivity index (χ2n) is 3.45. The molecule has 0 aliphatic heterocycles. The topological polar surface area (TPSA) is 61.6 Å². The summed E-state index contributed by atoms with van der Waals surface area (Å²) in [6.07, 6.45) is -4.72. The zero-order chi connectivity index (χ0) is 14.5. The first-order valence-electron chi connectivity index (χ1n) is 5.71. The summed E-state index contributed by atoms with van der Waals surface area (Å²) in [6, 6.07) is 0. The largest absolute Gasteiger partial charge is 0.460 e. The Labute approximate surface area is 107 Å². The van der Waals surface area contributed by atoms with Gasteiger partial charge in [-0.25, -0.2) is 9.78 Å². The van der Waals surface area contributed by atoms with Crippen LogP contribution in [0.3, 0.4) is 0 Å². The average Bonchev–Trinajstić information content (AvgIpc) is 2.74. The van der Waals surface area contributed by atoms with Gasteiger partial charge in [0.05, 0.1) is 13.2 Å². The van der Waals surface area contributed by atoms with Gasteiger partial charge in [0, 0.05) is 13.0 Å². The highest BCUT2D eigenvalue weighted by atomic mass is 19.4. The monoisotopic (exact) mass is 281 g/mol. The first-order valence-corrected chi connectivity index (χ1v) is 5.71. The van der Waals surface area contributed by atoms with Crippen molar-refractivity contribution in [1.82, 2.24) is 4.98 Å². The normalized spacial score (nSPS) is 11.6. The van der Waals surface area contributed by atoms with Crippen molar-refractivity contribution in [3.05, 3.63) is 17.3 Å². The minimum absolute atomic E-state index is 0.0505. The van der Waals surface area contributed by atoms with Crippen molar-refractivity contribution in [2.45, 2.75) is 26.4 Å². The molecule has 0 saturated carbocycles. The number of nitrogens with zero attached hydrogens (tertiary/aromatic N) is 1. The fraction of sp³-hybridized carbons (Fsp3) is 0.636. The van der Waals surface area contributed by atoms with Crippen molar-refractivity contribution >= 4 is 5.97 Å². The lowest BCUT2D eigenvalue weighted by Crippen LogP contribution is -2.14. The number of carbonyl (C=O) groups is 1. The Bertz CT molecular complexity index is 428. The molecule has 108 valence electrons. The Kier molecular flexibility index (Phi) is 5.34. The number of rotatable bonds is 6. The van der Waals surface area contributed by atoms with E-state index in [0.717, 1.165) is 0 Å². The molecule has 0 bridgehead atoms. The molecule has 8 heteroatoms. The summed E-state index contributed by atoms with van der Waals surface area (Å²) in [5.74, 6) is -2.30. The zero-order valence-corrected chi connectivity index (χ0v) is 10.5. The maximum atomic E-state index is 12.7. The molecular formula is C11H14F3NO4. The van der Waals surface area contributed by atoms with Crippen molar-refractivity contribution in [2.75, 3.05) is 19.8 Å². The number of hydrogen-bond donors (Lipinski definition) is 0. The molecule has 0 unspecified atom stereocenters. The van der Waals surface area contributed by atoms with E-state index in [4.69, 9.17) is 9.15 Å². The van der Waals surface area contributed by atoms with Gasteiger partial charge in [0.1, 0.15) is 0 Å². The maximum Gasteiger partial charge on any atom is 0.437 e. The number of esters is 1. The molecule has 0 radical (unpaired) electrons. The van der Waals surface area contributed by atoms with E-state index in [0.29, 0.717) is 6.61 Å². The van der Waals surface area contributed by atoms with Crippen LogP contribution in [-0.4, -0.2) is 30.8 Å². The highest BCUT2D eigenvalue weighted by Crippen LogP contribution is 2.32. The highest BCUT2D eigenvalue weighted by molar-refractivity contribution is 5.87. The molecule has 0 aromatic carbocycles. The van der Waals surface area contributed by atoms with Crippen LogP contribution in [0.25, 0.3) is 0 Å². The van der Waals surface area contributed by atoms with E-state index in [1.807, 2.05) is 0 Å². The van der Waals surface area contributed by atoms with Crippen molar-refractivity contribution in [3.8, 4) is 0 Å². The molecule has 0 saturated heterocycles. The summed E-state index contributed by atoms with van der Waals surface area (Å²) in [5.41, 5.74) is -1.36. The van der Waals surface area contributed by atoms with E-state index in [2.05, 4.69) is 9.72 Å². The molecule has 0 atom stereocenters. The summed E-state index contributed by atoms with van der Waals surface area (Å²) in [7, 11) is 0. The van der Waals surface area contributed by atoms with Gasteiger partial charge in [0.15, 0.2) is 11.6 Å². The Morgan fingerprint density at radius 1 is 1.32 bits per heavy atom. The molecule has 0 aliphatic carbocycles. The van der Waals surface area contributed by atoms with E-state index in [1.54, 1.807) is 6.92 Å². The molecule has 1 aromatic heterocycles. The molecule has 5 nitrogen and oxygen atoms in total. The quantitative estimate of drug-likeness (QED) is 0.592. The fourth-order valence-corrected chi connectivity index (χ4v) is 1.30. The first-order chi connectivity index (χ1) is 8.90. The average molecular weight is 281 g/mol. The van der Waals surface area contributed by atoms with Crippen LogP contribution in [0.5, 0.6) is 0 Å². The lowest BCUT2D eigenvalue weighted by molar-refractivity contribution is -0.141. The molecule has 19 heavy (non-hydrogen) atoms. The smallest absolute Gasteiger partial charge is 0.437 e. The molecule has 0 fully saturated rings. The maximum absolute atomic E-state index is 12.7. The van der Waals surface area contributed by atoms with Crippen LogP contribution in [0, 0.1) is 0 Å². The fourth-order valence-electron chi connectivity index (χ4n) is 1.30. The summed E-state index contributed by atoms with van der Waals surface area (Å²) >= 11 is 0. The molecule has 1 aromatic rings. The van der Waals surface area contributed by atoms with Crippen molar-refractivity contribution in [2.24, 2.45) is 0 Å². The van der Waals surface area contributed by atoms with Crippen LogP contribution < -0.4 is 0 Å². The van der Waals surface area contributed by atoms with Gasteiger partial charge in [-0.15, -0.1) is 0 Å². The Hall–Kier alpha value is -1.57. The number of alkyl halides is 3. The van der Waals surface area contributed by atoms with E-state index >= 15 is 0 Å². The van der Waals surface area contributed by atoms with Crippen LogP contribution in [0.4, 0.5) is 13.2 Å². The van der Waals surface area contributed by atoms with Gasteiger partial charge in [-0.05, 0) is 13.8 Å². The number of aromatic nitrogens is 1. The van der Waals surface area contributed by atoms with Crippen molar-refractivity contribution < 1.29 is 31.9 Å². The van der Waals surface area contributed by atoms with Gasteiger partial charge >= 0.3 is 12.1 Å². The van der Waals surface area contributed by atoms with Gasteiger partial charge in [0.2, 0.25) is 5.76 Å². The molecule has 1 rings (SSSR count). The summed E-state index contributed by atoms with van der Waals surface area (Å²) in [6.45, 7) is 3.78. The minimum Gasteiger partial charge on any atom is -0.460 e. The second-order valence-corrected chi connectivity index (χ2v) is 3.45. The van der Waals surface area contributed by atoms with E-state index < -0.39 is 23.6 Å². The predicted molar refractivity (Wildman–Crippen MR) is 57.7 cm³/mol. The van der Waals surface area contributed by atoms with Crippen LogP contribution in [-0.2, 0) is 22.1 Å². The summed E-state index contributed by atoms with van der Waals surface area (Å²) < 4.78 is 52.4. The van der Waals surface area contributed by atoms with Crippen LogP contribution in [0.1, 0.15) is 36.0 Å². The molecule has 0 N–H and O–H groups in total. The van der Waals surface area contributed by atoms with Gasteiger partial charge in [-0.2, -0.15) is 13.2 Å². The highest BCUT2D eigenvalue weighted by Gasteiger charge is 2.41. The first kappa shape index (κ1) is 15.5. The Morgan fingerprint density at radius 3 is 2.53 bits per heavy atom. The molecular weight excluding hydrogens is 267 g/mol. The van der Waals surface area contributed by atoms with Gasteiger partial charge < -0.3 is 13.9 Å². The number of carbonyl (C=O) groups excluding carboxylic acids is 1. The van der Waals surface area contributed by atoms with E-state index in [-0.39, 0.29) is 25.5 Å². The van der Waals surface area contributed by atoms with Crippen LogP contribution in [0.2, 0.25) is 0 Å². The molecule has 0 spiro atoms. The van der Waals surface area contributed by atoms with E-state index in [9.17, 15) is 18.0 Å². The van der Waals surface area contributed by atoms with E-state index in [1.165, 1.54) is 6.92 Å². The number of oxazole rings is 1. The molecule has 0 aliphatic rings. The van der Waals surface area contributed by atoms with Crippen LogP contribution >= 0.6 is 0 Å².